The SMILES string of the molecule is O=C(Cn1c(=O)oc2cc(S(=O)(=O)N3CCCC3)ccc21)Nc1ccc(OC(F)(F)F)cc1. The molecule has 4 rings (SSSR count). The van der Waals surface area contributed by atoms with Crippen LogP contribution in [0.3, 0.4) is 0 Å². The number of nitrogens with one attached hydrogen (secondary N) is 1. The lowest BCUT2D eigenvalue weighted by Crippen LogP contribution is -2.27. The number of rotatable bonds is 6. The molecule has 1 aliphatic heterocycles. The lowest BCUT2D eigenvalue weighted by molar-refractivity contribution is -0.274. The fourth-order valence-corrected chi connectivity index (χ4v) is 5.05. The van der Waals surface area contributed by atoms with Crippen molar-refractivity contribution in [3.63, 3.8) is 0 Å². The second-order valence-corrected chi connectivity index (χ2v) is 9.25. The van der Waals surface area contributed by atoms with Crippen molar-refractivity contribution in [3.05, 3.63) is 53.0 Å². The van der Waals surface area contributed by atoms with E-state index in [0.29, 0.717) is 13.1 Å². The number of sulfonamides is 1. The average molecular weight is 485 g/mol. The zero-order valence-electron chi connectivity index (χ0n) is 17.0. The number of ether oxygens (including phenoxy) is 1. The minimum atomic E-state index is -4.83. The van der Waals surface area contributed by atoms with E-state index >= 15 is 0 Å². The molecule has 13 heteroatoms. The highest BCUT2D eigenvalue weighted by Gasteiger charge is 2.31. The van der Waals surface area contributed by atoms with E-state index in [1.54, 1.807) is 0 Å². The number of nitrogens with zero attached hydrogens (tertiary/aromatic N) is 2. The Morgan fingerprint density at radius 1 is 1.09 bits per heavy atom. The number of alkyl halides is 3. The largest absolute Gasteiger partial charge is 0.573 e. The number of anilines is 1. The van der Waals surface area contributed by atoms with Crippen LogP contribution in [0.1, 0.15) is 12.8 Å². The molecule has 1 aliphatic rings. The Hall–Kier alpha value is -3.32. The first-order valence-corrected chi connectivity index (χ1v) is 11.3. The number of aromatic nitrogens is 1. The van der Waals surface area contributed by atoms with E-state index < -0.39 is 40.3 Å². The number of amides is 1. The van der Waals surface area contributed by atoms with Crippen molar-refractivity contribution in [1.82, 2.24) is 8.87 Å². The van der Waals surface area contributed by atoms with Gasteiger partial charge in [0.2, 0.25) is 15.9 Å². The topological polar surface area (TPSA) is 111 Å². The molecule has 33 heavy (non-hydrogen) atoms. The van der Waals surface area contributed by atoms with Gasteiger partial charge in [0.1, 0.15) is 12.3 Å². The molecule has 1 fully saturated rings. The molecule has 1 amide bonds. The fourth-order valence-electron chi connectivity index (χ4n) is 3.52. The van der Waals surface area contributed by atoms with Gasteiger partial charge in [0.05, 0.1) is 10.4 Å². The predicted octanol–water partition coefficient (Wildman–Crippen LogP) is 2.92. The summed E-state index contributed by atoms with van der Waals surface area (Å²) in [6, 6.07) is 8.47. The van der Waals surface area contributed by atoms with Crippen LogP contribution in [-0.4, -0.2) is 42.6 Å². The van der Waals surface area contributed by atoms with Crippen molar-refractivity contribution in [2.24, 2.45) is 0 Å². The van der Waals surface area contributed by atoms with Crippen LogP contribution in [0.2, 0.25) is 0 Å². The van der Waals surface area contributed by atoms with Gasteiger partial charge in [-0.2, -0.15) is 4.31 Å². The molecule has 1 N–H and O–H groups in total. The Morgan fingerprint density at radius 3 is 2.39 bits per heavy atom. The number of hydrogen-bond donors (Lipinski definition) is 1. The van der Waals surface area contributed by atoms with Gasteiger partial charge in [-0.1, -0.05) is 0 Å². The molecule has 0 saturated carbocycles. The maximum absolute atomic E-state index is 12.7. The van der Waals surface area contributed by atoms with Crippen LogP contribution in [0, 0.1) is 0 Å². The van der Waals surface area contributed by atoms with Crippen LogP contribution in [0.15, 0.2) is 56.6 Å². The number of halogens is 3. The van der Waals surface area contributed by atoms with Crippen LogP contribution < -0.4 is 15.8 Å². The summed E-state index contributed by atoms with van der Waals surface area (Å²) < 4.78 is 73.4. The summed E-state index contributed by atoms with van der Waals surface area (Å²) >= 11 is 0. The summed E-state index contributed by atoms with van der Waals surface area (Å²) in [4.78, 5) is 24.6. The number of carbonyl (C=O) groups is 1. The van der Waals surface area contributed by atoms with Gasteiger partial charge in [-0.3, -0.25) is 9.36 Å². The highest BCUT2D eigenvalue weighted by molar-refractivity contribution is 7.89. The normalized spacial score (nSPS) is 15.1. The van der Waals surface area contributed by atoms with Gasteiger partial charge in [0.15, 0.2) is 5.58 Å². The molecule has 176 valence electrons. The molecular weight excluding hydrogens is 467 g/mol. The zero-order valence-corrected chi connectivity index (χ0v) is 17.8. The molecule has 9 nitrogen and oxygen atoms in total. The fraction of sp³-hybridized carbons (Fsp3) is 0.300. The van der Waals surface area contributed by atoms with Crippen molar-refractivity contribution in [2.45, 2.75) is 30.6 Å². The summed E-state index contributed by atoms with van der Waals surface area (Å²) in [7, 11) is -3.71. The first kappa shape index (κ1) is 22.9. The Bertz CT molecular complexity index is 1340. The minimum Gasteiger partial charge on any atom is -0.408 e. The quantitative estimate of drug-likeness (QED) is 0.575. The van der Waals surface area contributed by atoms with E-state index in [1.165, 1.54) is 34.6 Å². The summed E-state index contributed by atoms with van der Waals surface area (Å²) in [6.45, 7) is 0.397. The van der Waals surface area contributed by atoms with Gasteiger partial charge in [0.25, 0.3) is 0 Å². The van der Waals surface area contributed by atoms with Crippen molar-refractivity contribution in [3.8, 4) is 5.75 Å². The highest BCUT2D eigenvalue weighted by Crippen LogP contribution is 2.25. The highest BCUT2D eigenvalue weighted by atomic mass is 32.2. The molecule has 1 saturated heterocycles. The van der Waals surface area contributed by atoms with E-state index in [0.717, 1.165) is 29.5 Å². The van der Waals surface area contributed by atoms with Crippen LogP contribution in [-0.2, 0) is 21.4 Å². The molecule has 0 atom stereocenters. The Kier molecular flexibility index (Phi) is 5.93. The molecule has 0 aliphatic carbocycles. The van der Waals surface area contributed by atoms with Gasteiger partial charge in [-0.25, -0.2) is 13.2 Å². The molecule has 3 aromatic rings. The second-order valence-electron chi connectivity index (χ2n) is 7.32. The minimum absolute atomic E-state index is 0.0107. The molecule has 0 bridgehead atoms. The summed E-state index contributed by atoms with van der Waals surface area (Å²) in [6.07, 6.45) is -3.28. The zero-order chi connectivity index (χ0) is 23.8. The van der Waals surface area contributed by atoms with Crippen LogP contribution >= 0.6 is 0 Å². The van der Waals surface area contributed by atoms with Crippen molar-refractivity contribution >= 4 is 32.7 Å². The second kappa shape index (κ2) is 8.56. The summed E-state index contributed by atoms with van der Waals surface area (Å²) in [5.41, 5.74) is 0.431. The van der Waals surface area contributed by atoms with Gasteiger partial charge in [-0.05, 0) is 49.2 Å². The van der Waals surface area contributed by atoms with Gasteiger partial charge >= 0.3 is 12.1 Å². The molecule has 2 heterocycles. The van der Waals surface area contributed by atoms with Gasteiger partial charge < -0.3 is 14.5 Å². The maximum atomic E-state index is 12.7. The Morgan fingerprint density at radius 2 is 1.76 bits per heavy atom. The van der Waals surface area contributed by atoms with Gasteiger partial charge in [0, 0.05) is 24.8 Å². The Balaban J connectivity index is 1.50. The lowest BCUT2D eigenvalue weighted by atomic mass is 10.3. The van der Waals surface area contributed by atoms with Gasteiger partial charge in [-0.15, -0.1) is 13.2 Å². The number of benzene rings is 2. The first-order chi connectivity index (χ1) is 15.5. The van der Waals surface area contributed by atoms with Crippen molar-refractivity contribution in [2.75, 3.05) is 18.4 Å². The third-order valence-electron chi connectivity index (χ3n) is 5.02. The number of oxazole rings is 1. The third kappa shape index (κ3) is 5.03. The number of fused-ring (bicyclic) bond motifs is 1. The Labute approximate surface area is 185 Å². The van der Waals surface area contributed by atoms with Crippen molar-refractivity contribution in [1.29, 1.82) is 0 Å². The maximum Gasteiger partial charge on any atom is 0.573 e. The monoisotopic (exact) mass is 485 g/mol. The van der Waals surface area contributed by atoms with E-state index in [-0.39, 0.29) is 21.7 Å². The number of hydrogen-bond acceptors (Lipinski definition) is 6. The third-order valence-corrected chi connectivity index (χ3v) is 6.91. The predicted molar refractivity (Wildman–Crippen MR) is 110 cm³/mol. The molecule has 1 aromatic heterocycles. The average Bonchev–Trinajstić information content (AvgIpc) is 3.37. The van der Waals surface area contributed by atoms with E-state index in [9.17, 15) is 31.2 Å². The molecule has 0 spiro atoms. The smallest absolute Gasteiger partial charge is 0.408 e. The standard InChI is InChI=1S/C20H18F3N3O6S/c21-20(22,23)32-14-5-3-13(4-6-14)24-18(27)12-26-16-8-7-15(11-17(16)31-19(26)28)33(29,30)25-9-1-2-10-25/h3-8,11H,1-2,9-10,12H2,(H,24,27). The number of carbonyl (C=O) groups excluding carboxylic acids is 1. The van der Waals surface area contributed by atoms with Crippen molar-refractivity contribution < 1.29 is 35.5 Å². The van der Waals surface area contributed by atoms with E-state index in [2.05, 4.69) is 10.1 Å². The van der Waals surface area contributed by atoms with Crippen LogP contribution in [0.4, 0.5) is 18.9 Å². The van der Waals surface area contributed by atoms with E-state index in [4.69, 9.17) is 4.42 Å². The molecule has 2 aromatic carbocycles. The molecule has 0 unspecified atom stereocenters. The van der Waals surface area contributed by atoms with Crippen LogP contribution in [0.5, 0.6) is 5.75 Å². The van der Waals surface area contributed by atoms with Crippen LogP contribution in [0.25, 0.3) is 11.1 Å². The summed E-state index contributed by atoms with van der Waals surface area (Å²) in [5.74, 6) is -1.94. The van der Waals surface area contributed by atoms with E-state index in [1.807, 2.05) is 0 Å². The molecule has 0 radical (unpaired) electrons. The first-order valence-electron chi connectivity index (χ1n) is 9.82. The molecular formula is C20H18F3N3O6S. The summed E-state index contributed by atoms with van der Waals surface area (Å²) in [5, 5.41) is 2.46. The lowest BCUT2D eigenvalue weighted by Gasteiger charge is -2.15.